The van der Waals surface area contributed by atoms with Crippen LogP contribution in [-0.2, 0) is 0 Å². The molecule has 2 bridgehead atoms. The van der Waals surface area contributed by atoms with Gasteiger partial charge in [0.05, 0.1) is 5.56 Å². The Kier molecular flexibility index (Phi) is 4.27. The highest BCUT2D eigenvalue weighted by Crippen LogP contribution is 2.52. The van der Waals surface area contributed by atoms with Gasteiger partial charge in [0.1, 0.15) is 12.4 Å². The van der Waals surface area contributed by atoms with Gasteiger partial charge in [-0.2, -0.15) is 4.98 Å². The van der Waals surface area contributed by atoms with Crippen LogP contribution in [0.2, 0.25) is 0 Å². The van der Waals surface area contributed by atoms with Gasteiger partial charge in [0.2, 0.25) is 0 Å². The molecule has 2 aliphatic carbocycles. The van der Waals surface area contributed by atoms with Crippen molar-refractivity contribution in [2.75, 3.05) is 27.2 Å². The summed E-state index contributed by atoms with van der Waals surface area (Å²) in [6, 6.07) is 7.91. The molecule has 0 saturated heterocycles. The SMILES string of the molecule is CN(C)CCOc1ccccc1-c1nc(C2CC3CCC2C3)no1. The fourth-order valence-electron chi connectivity index (χ4n) is 4.16. The largest absolute Gasteiger partial charge is 0.491 e. The van der Waals surface area contributed by atoms with Gasteiger partial charge >= 0.3 is 0 Å². The molecule has 0 amide bonds. The van der Waals surface area contributed by atoms with Crippen molar-refractivity contribution in [2.24, 2.45) is 11.8 Å². The number of aromatic nitrogens is 2. The summed E-state index contributed by atoms with van der Waals surface area (Å²) < 4.78 is 11.5. The molecule has 3 atom stereocenters. The van der Waals surface area contributed by atoms with Crippen molar-refractivity contribution in [1.82, 2.24) is 15.0 Å². The number of rotatable bonds is 6. The van der Waals surface area contributed by atoms with Gasteiger partial charge in [0.25, 0.3) is 5.89 Å². The van der Waals surface area contributed by atoms with Gasteiger partial charge in [-0.15, -0.1) is 0 Å². The van der Waals surface area contributed by atoms with E-state index >= 15 is 0 Å². The topological polar surface area (TPSA) is 51.4 Å². The molecule has 3 unspecified atom stereocenters. The highest BCUT2D eigenvalue weighted by molar-refractivity contribution is 5.62. The van der Waals surface area contributed by atoms with Crippen LogP contribution in [0.4, 0.5) is 0 Å². The lowest BCUT2D eigenvalue weighted by Gasteiger charge is -2.17. The van der Waals surface area contributed by atoms with Crippen LogP contribution in [0.5, 0.6) is 5.75 Å². The van der Waals surface area contributed by atoms with Gasteiger partial charge in [0, 0.05) is 12.5 Å². The average molecular weight is 327 g/mol. The van der Waals surface area contributed by atoms with Crippen LogP contribution in [0.25, 0.3) is 11.5 Å². The Hall–Kier alpha value is -1.88. The highest BCUT2D eigenvalue weighted by atomic mass is 16.5. The van der Waals surface area contributed by atoms with E-state index in [1.165, 1.54) is 25.7 Å². The predicted octanol–water partition coefficient (Wildman–Crippen LogP) is 3.58. The number of hydrogen-bond acceptors (Lipinski definition) is 5. The molecule has 0 spiro atoms. The number of benzene rings is 1. The minimum atomic E-state index is 0.489. The van der Waals surface area contributed by atoms with E-state index in [2.05, 4.69) is 10.1 Å². The average Bonchev–Trinajstić information content (AvgIpc) is 3.31. The van der Waals surface area contributed by atoms with Crippen LogP contribution in [0, 0.1) is 11.8 Å². The normalized spacial score (nSPS) is 25.5. The first-order valence-electron chi connectivity index (χ1n) is 8.91. The molecule has 0 N–H and O–H groups in total. The zero-order chi connectivity index (χ0) is 16.5. The van der Waals surface area contributed by atoms with Gasteiger partial charge in [0.15, 0.2) is 5.82 Å². The van der Waals surface area contributed by atoms with E-state index < -0.39 is 0 Å². The standard InChI is InChI=1S/C19H25N3O2/c1-22(2)9-10-23-17-6-4-3-5-15(17)19-20-18(21-24-19)16-12-13-7-8-14(16)11-13/h3-6,13-14,16H,7-12H2,1-2H3. The first-order valence-corrected chi connectivity index (χ1v) is 8.91. The van der Waals surface area contributed by atoms with E-state index in [0.29, 0.717) is 18.4 Å². The van der Waals surface area contributed by atoms with Crippen LogP contribution in [-0.4, -0.2) is 42.3 Å². The number of ether oxygens (including phenoxy) is 1. The van der Waals surface area contributed by atoms with E-state index in [1.807, 2.05) is 38.4 Å². The third-order valence-corrected chi connectivity index (χ3v) is 5.43. The Bertz CT molecular complexity index is 697. The summed E-state index contributed by atoms with van der Waals surface area (Å²) in [6.07, 6.45) is 5.28. The second kappa shape index (κ2) is 6.55. The minimum absolute atomic E-state index is 0.489. The molecule has 1 aromatic heterocycles. The molecule has 0 aliphatic heterocycles. The predicted molar refractivity (Wildman–Crippen MR) is 92.0 cm³/mol. The maximum Gasteiger partial charge on any atom is 0.261 e. The molecule has 0 radical (unpaired) electrons. The third kappa shape index (κ3) is 3.05. The van der Waals surface area contributed by atoms with Crippen LogP contribution in [0.1, 0.15) is 37.4 Å². The van der Waals surface area contributed by atoms with Crippen molar-refractivity contribution in [3.8, 4) is 17.2 Å². The van der Waals surface area contributed by atoms with Crippen molar-refractivity contribution in [1.29, 1.82) is 0 Å². The fraction of sp³-hybridized carbons (Fsp3) is 0.579. The number of hydrogen-bond donors (Lipinski definition) is 0. The summed E-state index contributed by atoms with van der Waals surface area (Å²) in [5.74, 6) is 4.40. The zero-order valence-corrected chi connectivity index (χ0v) is 14.4. The van der Waals surface area contributed by atoms with Gasteiger partial charge in [-0.25, -0.2) is 0 Å². The van der Waals surface area contributed by atoms with Crippen molar-refractivity contribution in [2.45, 2.75) is 31.6 Å². The molecule has 2 fully saturated rings. The quantitative estimate of drug-likeness (QED) is 0.811. The molecule has 2 aromatic rings. The van der Waals surface area contributed by atoms with Crippen molar-refractivity contribution < 1.29 is 9.26 Å². The van der Waals surface area contributed by atoms with Crippen LogP contribution < -0.4 is 4.74 Å². The lowest BCUT2D eigenvalue weighted by molar-refractivity contribution is 0.261. The number of nitrogens with zero attached hydrogens (tertiary/aromatic N) is 3. The first-order chi connectivity index (χ1) is 11.7. The van der Waals surface area contributed by atoms with Gasteiger partial charge in [-0.1, -0.05) is 23.7 Å². The lowest BCUT2D eigenvalue weighted by Crippen LogP contribution is -2.19. The van der Waals surface area contributed by atoms with Gasteiger partial charge < -0.3 is 14.2 Å². The number of para-hydroxylation sites is 1. The molecular weight excluding hydrogens is 302 g/mol. The summed E-state index contributed by atoms with van der Waals surface area (Å²) in [7, 11) is 4.07. The third-order valence-electron chi connectivity index (χ3n) is 5.43. The highest BCUT2D eigenvalue weighted by Gasteiger charge is 2.42. The van der Waals surface area contributed by atoms with Crippen molar-refractivity contribution in [3.05, 3.63) is 30.1 Å². The van der Waals surface area contributed by atoms with Gasteiger partial charge in [-0.05, 0) is 57.3 Å². The molecule has 4 rings (SSSR count). The molecule has 2 saturated carbocycles. The lowest BCUT2D eigenvalue weighted by atomic mass is 9.88. The number of fused-ring (bicyclic) bond motifs is 2. The molecule has 128 valence electrons. The Morgan fingerprint density at radius 1 is 1.21 bits per heavy atom. The van der Waals surface area contributed by atoms with Gasteiger partial charge in [-0.3, -0.25) is 0 Å². The summed E-state index contributed by atoms with van der Waals surface area (Å²) >= 11 is 0. The zero-order valence-electron chi connectivity index (χ0n) is 14.4. The smallest absolute Gasteiger partial charge is 0.261 e. The molecule has 5 heteroatoms. The summed E-state index contributed by atoms with van der Waals surface area (Å²) in [4.78, 5) is 6.82. The summed E-state index contributed by atoms with van der Waals surface area (Å²) in [5, 5.41) is 4.29. The monoisotopic (exact) mass is 327 g/mol. The van der Waals surface area contributed by atoms with E-state index in [-0.39, 0.29) is 0 Å². The minimum Gasteiger partial charge on any atom is -0.491 e. The Labute approximate surface area is 143 Å². The Morgan fingerprint density at radius 2 is 2.08 bits per heavy atom. The molecule has 1 aromatic carbocycles. The van der Waals surface area contributed by atoms with E-state index in [9.17, 15) is 0 Å². The Balaban J connectivity index is 1.52. The van der Waals surface area contributed by atoms with E-state index in [4.69, 9.17) is 14.2 Å². The maximum absolute atomic E-state index is 5.92. The number of likely N-dealkylation sites (N-methyl/N-ethyl adjacent to an activating group) is 1. The first kappa shape index (κ1) is 15.6. The van der Waals surface area contributed by atoms with E-state index in [0.717, 1.165) is 35.5 Å². The van der Waals surface area contributed by atoms with Crippen molar-refractivity contribution >= 4 is 0 Å². The summed E-state index contributed by atoms with van der Waals surface area (Å²) in [6.45, 7) is 1.51. The van der Waals surface area contributed by atoms with Crippen molar-refractivity contribution in [3.63, 3.8) is 0 Å². The molecule has 1 heterocycles. The summed E-state index contributed by atoms with van der Waals surface area (Å²) in [5.41, 5.74) is 0.887. The second-order valence-corrected chi connectivity index (χ2v) is 7.39. The Morgan fingerprint density at radius 3 is 2.83 bits per heavy atom. The maximum atomic E-state index is 5.92. The van der Waals surface area contributed by atoms with Crippen LogP contribution in [0.15, 0.2) is 28.8 Å². The molecule has 5 nitrogen and oxygen atoms in total. The molecule has 2 aliphatic rings. The fourth-order valence-corrected chi connectivity index (χ4v) is 4.16. The second-order valence-electron chi connectivity index (χ2n) is 7.39. The molecular formula is C19H25N3O2. The van der Waals surface area contributed by atoms with Crippen LogP contribution in [0.3, 0.4) is 0 Å². The van der Waals surface area contributed by atoms with E-state index in [1.54, 1.807) is 0 Å². The molecule has 24 heavy (non-hydrogen) atoms. The van der Waals surface area contributed by atoms with Crippen LogP contribution >= 0.6 is 0 Å².